The molecule has 0 aliphatic carbocycles. The predicted molar refractivity (Wildman–Crippen MR) is 88.1 cm³/mol. The van der Waals surface area contributed by atoms with Crippen molar-refractivity contribution in [1.29, 1.82) is 0 Å². The van der Waals surface area contributed by atoms with Gasteiger partial charge in [0.05, 0.1) is 17.8 Å². The summed E-state index contributed by atoms with van der Waals surface area (Å²) in [6, 6.07) is 11.1. The van der Waals surface area contributed by atoms with Gasteiger partial charge in [0.1, 0.15) is 0 Å². The third-order valence-corrected chi connectivity index (χ3v) is 3.15. The quantitative estimate of drug-likeness (QED) is 0.651. The average molecular weight is 310 g/mol. The van der Waals surface area contributed by atoms with E-state index in [0.717, 1.165) is 11.1 Å². The summed E-state index contributed by atoms with van der Waals surface area (Å²) in [4.78, 5) is 27.3. The van der Waals surface area contributed by atoms with Crippen molar-refractivity contribution in [2.45, 2.75) is 13.8 Å². The fourth-order valence-corrected chi connectivity index (χ4v) is 1.80. The number of carbonyl (C=O) groups is 2. The zero-order valence-electron chi connectivity index (χ0n) is 13.0. The van der Waals surface area contributed by atoms with Crippen LogP contribution in [0.25, 0.3) is 0 Å². The smallest absolute Gasteiger partial charge is 0.259 e. The molecule has 0 atom stereocenters. The molecule has 0 aliphatic rings. The monoisotopic (exact) mass is 310 g/mol. The van der Waals surface area contributed by atoms with Crippen LogP contribution in [0.15, 0.2) is 53.9 Å². The second-order valence-electron chi connectivity index (χ2n) is 5.02. The average Bonchev–Trinajstić information content (AvgIpc) is 2.59. The lowest BCUT2D eigenvalue weighted by Crippen LogP contribution is -2.35. The van der Waals surface area contributed by atoms with Crippen molar-refractivity contribution in [2.75, 3.05) is 6.54 Å². The van der Waals surface area contributed by atoms with Gasteiger partial charge in [-0.2, -0.15) is 5.10 Å². The summed E-state index contributed by atoms with van der Waals surface area (Å²) >= 11 is 0. The number of amides is 2. The summed E-state index contributed by atoms with van der Waals surface area (Å²) in [6.07, 6.45) is 3.01. The number of hydrogen-bond acceptors (Lipinski definition) is 4. The number of pyridine rings is 1. The van der Waals surface area contributed by atoms with Crippen molar-refractivity contribution in [3.05, 3.63) is 65.5 Å². The second-order valence-corrected chi connectivity index (χ2v) is 5.02. The maximum Gasteiger partial charge on any atom is 0.259 e. The Morgan fingerprint density at radius 2 is 1.87 bits per heavy atom. The first kappa shape index (κ1) is 16.4. The van der Waals surface area contributed by atoms with Gasteiger partial charge in [-0.15, -0.1) is 0 Å². The molecule has 1 aromatic heterocycles. The molecule has 1 aromatic carbocycles. The maximum absolute atomic E-state index is 11.8. The lowest BCUT2D eigenvalue weighted by molar-refractivity contribution is -0.120. The first-order chi connectivity index (χ1) is 11.1. The van der Waals surface area contributed by atoms with Crippen molar-refractivity contribution in [3.8, 4) is 0 Å². The summed E-state index contributed by atoms with van der Waals surface area (Å²) in [6.45, 7) is 3.65. The lowest BCUT2D eigenvalue weighted by Gasteiger charge is -2.05. The number of nitrogens with one attached hydrogen (secondary N) is 2. The van der Waals surface area contributed by atoms with E-state index in [0.29, 0.717) is 11.3 Å². The summed E-state index contributed by atoms with van der Waals surface area (Å²) in [5, 5.41) is 6.54. The highest BCUT2D eigenvalue weighted by molar-refractivity contribution is 5.99. The first-order valence-corrected chi connectivity index (χ1v) is 7.14. The Bertz CT molecular complexity index is 709. The van der Waals surface area contributed by atoms with Crippen LogP contribution in [-0.4, -0.2) is 29.1 Å². The number of aromatic nitrogens is 1. The molecule has 0 saturated heterocycles. The molecule has 2 N–H and O–H groups in total. The molecule has 6 nitrogen and oxygen atoms in total. The molecule has 0 bridgehead atoms. The normalized spacial score (nSPS) is 11.0. The van der Waals surface area contributed by atoms with E-state index in [1.807, 2.05) is 31.2 Å². The van der Waals surface area contributed by atoms with E-state index in [1.165, 1.54) is 6.20 Å². The molecule has 0 fully saturated rings. The highest BCUT2D eigenvalue weighted by atomic mass is 16.2. The van der Waals surface area contributed by atoms with Gasteiger partial charge in [0.15, 0.2) is 0 Å². The minimum Gasteiger partial charge on any atom is -0.343 e. The maximum atomic E-state index is 11.8. The molecule has 2 rings (SSSR count). The van der Waals surface area contributed by atoms with Crippen LogP contribution in [0.4, 0.5) is 0 Å². The van der Waals surface area contributed by atoms with Gasteiger partial charge in [-0.3, -0.25) is 14.6 Å². The minimum atomic E-state index is -0.395. The number of hydrogen-bond donors (Lipinski definition) is 2. The van der Waals surface area contributed by atoms with Gasteiger partial charge in [-0.05, 0) is 31.5 Å². The number of carbonyl (C=O) groups excluding carboxylic acids is 2. The predicted octanol–water partition coefficient (Wildman–Crippen LogP) is 1.66. The summed E-state index contributed by atoms with van der Waals surface area (Å²) < 4.78 is 0. The van der Waals surface area contributed by atoms with Gasteiger partial charge >= 0.3 is 0 Å². The van der Waals surface area contributed by atoms with Crippen LogP contribution in [0.5, 0.6) is 0 Å². The Morgan fingerprint density at radius 3 is 2.52 bits per heavy atom. The van der Waals surface area contributed by atoms with Crippen LogP contribution in [0.2, 0.25) is 0 Å². The van der Waals surface area contributed by atoms with E-state index in [1.54, 1.807) is 25.3 Å². The zero-order valence-corrected chi connectivity index (χ0v) is 13.0. The third-order valence-electron chi connectivity index (χ3n) is 3.15. The van der Waals surface area contributed by atoms with Crippen LogP contribution in [0.3, 0.4) is 0 Å². The largest absolute Gasteiger partial charge is 0.343 e. The van der Waals surface area contributed by atoms with E-state index in [2.05, 4.69) is 20.8 Å². The minimum absolute atomic E-state index is 0.154. The molecule has 6 heteroatoms. The van der Waals surface area contributed by atoms with Gasteiger partial charge in [0.2, 0.25) is 0 Å². The van der Waals surface area contributed by atoms with Crippen molar-refractivity contribution in [1.82, 2.24) is 15.7 Å². The molecular weight excluding hydrogens is 292 g/mol. The van der Waals surface area contributed by atoms with Gasteiger partial charge in [-0.25, -0.2) is 5.43 Å². The summed E-state index contributed by atoms with van der Waals surface area (Å²) in [5.41, 5.74) is 5.60. The van der Waals surface area contributed by atoms with Gasteiger partial charge in [0, 0.05) is 12.4 Å². The van der Waals surface area contributed by atoms with E-state index in [9.17, 15) is 9.59 Å². The van der Waals surface area contributed by atoms with Crippen LogP contribution in [-0.2, 0) is 4.79 Å². The second kappa shape index (κ2) is 7.84. The SMILES string of the molecule is C/C(=N\NC(=O)CNC(=O)c1cccnc1)c1ccc(C)cc1. The fourth-order valence-electron chi connectivity index (χ4n) is 1.80. The molecule has 2 aromatic rings. The Kier molecular flexibility index (Phi) is 5.57. The molecule has 0 unspecified atom stereocenters. The standard InChI is InChI=1S/C17H18N4O2/c1-12-5-7-14(8-6-12)13(2)20-21-16(22)11-19-17(23)15-4-3-9-18-10-15/h3-10H,11H2,1-2H3,(H,19,23)(H,21,22)/b20-13+. The molecule has 2 amide bonds. The highest BCUT2D eigenvalue weighted by Gasteiger charge is 2.07. The number of hydrazone groups is 1. The number of aryl methyl sites for hydroxylation is 1. The van der Waals surface area contributed by atoms with Gasteiger partial charge < -0.3 is 5.32 Å². The topological polar surface area (TPSA) is 83.5 Å². The molecule has 118 valence electrons. The molecule has 23 heavy (non-hydrogen) atoms. The Balaban J connectivity index is 1.84. The van der Waals surface area contributed by atoms with Crippen LogP contribution in [0, 0.1) is 6.92 Å². The van der Waals surface area contributed by atoms with Crippen molar-refractivity contribution < 1.29 is 9.59 Å². The highest BCUT2D eigenvalue weighted by Crippen LogP contribution is 2.04. The van der Waals surface area contributed by atoms with E-state index >= 15 is 0 Å². The Hall–Kier alpha value is -3.02. The Morgan fingerprint density at radius 1 is 1.13 bits per heavy atom. The Labute approximate surface area is 134 Å². The van der Waals surface area contributed by atoms with Gasteiger partial charge in [-0.1, -0.05) is 29.8 Å². The van der Waals surface area contributed by atoms with E-state index < -0.39 is 5.91 Å². The van der Waals surface area contributed by atoms with Crippen molar-refractivity contribution >= 4 is 17.5 Å². The number of benzene rings is 1. The lowest BCUT2D eigenvalue weighted by atomic mass is 10.1. The molecule has 0 spiro atoms. The van der Waals surface area contributed by atoms with Crippen LogP contribution < -0.4 is 10.7 Å². The third kappa shape index (κ3) is 5.03. The number of nitrogens with zero attached hydrogens (tertiary/aromatic N) is 2. The molecule has 0 radical (unpaired) electrons. The molecule has 1 heterocycles. The molecular formula is C17H18N4O2. The fraction of sp³-hybridized carbons (Fsp3) is 0.176. The van der Waals surface area contributed by atoms with E-state index in [-0.39, 0.29) is 12.5 Å². The molecule has 0 saturated carbocycles. The van der Waals surface area contributed by atoms with Crippen LogP contribution >= 0.6 is 0 Å². The summed E-state index contributed by atoms with van der Waals surface area (Å²) in [7, 11) is 0. The van der Waals surface area contributed by atoms with Crippen LogP contribution in [0.1, 0.15) is 28.4 Å². The first-order valence-electron chi connectivity index (χ1n) is 7.14. The van der Waals surface area contributed by atoms with Crippen molar-refractivity contribution in [2.24, 2.45) is 5.10 Å². The summed E-state index contributed by atoms with van der Waals surface area (Å²) in [5.74, 6) is -0.749. The number of rotatable bonds is 5. The van der Waals surface area contributed by atoms with E-state index in [4.69, 9.17) is 0 Å². The van der Waals surface area contributed by atoms with Crippen molar-refractivity contribution in [3.63, 3.8) is 0 Å². The molecule has 0 aliphatic heterocycles. The van der Waals surface area contributed by atoms with Gasteiger partial charge in [0.25, 0.3) is 11.8 Å². The zero-order chi connectivity index (χ0) is 16.7.